The quantitative estimate of drug-likeness (QED) is 0.721. The molecule has 1 aromatic carbocycles. The largest absolute Gasteiger partial charge is 0.324 e. The average Bonchev–Trinajstić information content (AvgIpc) is 2.81. The summed E-state index contributed by atoms with van der Waals surface area (Å²) in [6.07, 6.45) is 5.18. The number of nitrogens with zero attached hydrogens (tertiary/aromatic N) is 1. The highest BCUT2D eigenvalue weighted by atomic mass is 14.9. The number of rotatable bonds is 3. The van der Waals surface area contributed by atoms with Gasteiger partial charge >= 0.3 is 0 Å². The number of hydrogen-bond donors (Lipinski definition) is 0. The third kappa shape index (κ3) is 1.81. The van der Waals surface area contributed by atoms with E-state index in [0.29, 0.717) is 0 Å². The van der Waals surface area contributed by atoms with Crippen LogP contribution < -0.4 is 0 Å². The lowest BCUT2D eigenvalue weighted by molar-refractivity contribution is 1.01. The van der Waals surface area contributed by atoms with Gasteiger partial charge in [-0.25, -0.2) is 0 Å². The molecule has 0 N–H and O–H groups in total. The molecule has 0 atom stereocenters. The van der Waals surface area contributed by atoms with Gasteiger partial charge in [0.15, 0.2) is 0 Å². The maximum atomic E-state index is 4.05. The summed E-state index contributed by atoms with van der Waals surface area (Å²) >= 11 is 0. The fourth-order valence-corrected chi connectivity index (χ4v) is 2.08. The van der Waals surface area contributed by atoms with E-state index in [1.54, 1.807) is 0 Å². The van der Waals surface area contributed by atoms with E-state index in [4.69, 9.17) is 0 Å². The fourth-order valence-electron chi connectivity index (χ4n) is 2.08. The highest BCUT2D eigenvalue weighted by Crippen LogP contribution is 2.24. The molecule has 0 spiro atoms. The zero-order valence-electron chi connectivity index (χ0n) is 9.90. The van der Waals surface area contributed by atoms with Crippen LogP contribution >= 0.6 is 0 Å². The second-order valence-corrected chi connectivity index (χ2v) is 4.03. The molecule has 0 amide bonds. The maximum absolute atomic E-state index is 4.05. The SMILES string of the molecule is C=C(C)c1cccc(-n2cccc2)c1CC. The van der Waals surface area contributed by atoms with Crippen LogP contribution in [-0.4, -0.2) is 4.57 Å². The smallest absolute Gasteiger partial charge is 0.0487 e. The summed E-state index contributed by atoms with van der Waals surface area (Å²) in [6.45, 7) is 8.30. The Labute approximate surface area is 97.0 Å². The molecule has 0 unspecified atom stereocenters. The van der Waals surface area contributed by atoms with E-state index in [-0.39, 0.29) is 0 Å². The summed E-state index contributed by atoms with van der Waals surface area (Å²) in [7, 11) is 0. The molecule has 16 heavy (non-hydrogen) atoms. The molecule has 2 aromatic rings. The van der Waals surface area contributed by atoms with Gasteiger partial charge in [0.2, 0.25) is 0 Å². The first-order valence-corrected chi connectivity index (χ1v) is 5.65. The fraction of sp³-hybridized carbons (Fsp3) is 0.200. The number of benzene rings is 1. The van der Waals surface area contributed by atoms with Gasteiger partial charge in [-0.05, 0) is 42.7 Å². The van der Waals surface area contributed by atoms with E-state index >= 15 is 0 Å². The zero-order valence-corrected chi connectivity index (χ0v) is 9.90. The zero-order chi connectivity index (χ0) is 11.5. The van der Waals surface area contributed by atoms with Crippen LogP contribution in [0, 0.1) is 0 Å². The first-order valence-electron chi connectivity index (χ1n) is 5.65. The molecule has 0 bridgehead atoms. The molecule has 82 valence electrons. The normalized spacial score (nSPS) is 10.4. The van der Waals surface area contributed by atoms with Crippen molar-refractivity contribution in [2.24, 2.45) is 0 Å². The van der Waals surface area contributed by atoms with Gasteiger partial charge in [-0.3, -0.25) is 0 Å². The topological polar surface area (TPSA) is 4.93 Å². The Hall–Kier alpha value is -1.76. The van der Waals surface area contributed by atoms with Crippen molar-refractivity contribution >= 4 is 5.57 Å². The number of allylic oxidation sites excluding steroid dienone is 1. The minimum atomic E-state index is 1.02. The average molecular weight is 211 g/mol. The minimum absolute atomic E-state index is 1.02. The molecule has 1 aromatic heterocycles. The molecule has 0 saturated heterocycles. The van der Waals surface area contributed by atoms with Crippen molar-refractivity contribution in [3.8, 4) is 5.69 Å². The lowest BCUT2D eigenvalue weighted by Crippen LogP contribution is -1.99. The lowest BCUT2D eigenvalue weighted by Gasteiger charge is -2.14. The summed E-state index contributed by atoms with van der Waals surface area (Å²) in [5.74, 6) is 0. The van der Waals surface area contributed by atoms with Crippen LogP contribution in [0.1, 0.15) is 25.0 Å². The van der Waals surface area contributed by atoms with Crippen LogP contribution in [0.15, 0.2) is 49.3 Å². The predicted octanol–water partition coefficient (Wildman–Crippen LogP) is 4.07. The first-order chi connectivity index (χ1) is 7.74. The summed E-state index contributed by atoms with van der Waals surface area (Å²) in [6, 6.07) is 10.5. The van der Waals surface area contributed by atoms with Gasteiger partial charge < -0.3 is 4.57 Å². The summed E-state index contributed by atoms with van der Waals surface area (Å²) in [4.78, 5) is 0. The van der Waals surface area contributed by atoms with Gasteiger partial charge in [0.1, 0.15) is 0 Å². The van der Waals surface area contributed by atoms with E-state index in [0.717, 1.165) is 12.0 Å². The van der Waals surface area contributed by atoms with Gasteiger partial charge in [0.05, 0.1) is 0 Å². The monoisotopic (exact) mass is 211 g/mol. The molecule has 0 radical (unpaired) electrons. The maximum Gasteiger partial charge on any atom is 0.0487 e. The minimum Gasteiger partial charge on any atom is -0.324 e. The third-order valence-corrected chi connectivity index (χ3v) is 2.85. The van der Waals surface area contributed by atoms with Crippen LogP contribution in [0.5, 0.6) is 0 Å². The molecule has 1 heteroatoms. The third-order valence-electron chi connectivity index (χ3n) is 2.85. The van der Waals surface area contributed by atoms with Crippen LogP contribution in [-0.2, 0) is 6.42 Å². The first kappa shape index (κ1) is 10.7. The van der Waals surface area contributed by atoms with E-state index < -0.39 is 0 Å². The molecular weight excluding hydrogens is 194 g/mol. The second kappa shape index (κ2) is 4.40. The number of aromatic nitrogens is 1. The highest BCUT2D eigenvalue weighted by molar-refractivity contribution is 5.68. The van der Waals surface area contributed by atoms with Crippen LogP contribution in [0.2, 0.25) is 0 Å². The molecule has 0 aliphatic rings. The van der Waals surface area contributed by atoms with Crippen molar-refractivity contribution in [2.75, 3.05) is 0 Å². The van der Waals surface area contributed by atoms with E-state index in [9.17, 15) is 0 Å². The van der Waals surface area contributed by atoms with Gasteiger partial charge in [-0.1, -0.05) is 31.2 Å². The van der Waals surface area contributed by atoms with E-state index in [1.165, 1.54) is 16.8 Å². The van der Waals surface area contributed by atoms with Gasteiger partial charge in [0.25, 0.3) is 0 Å². The standard InChI is InChI=1S/C15H17N/c1-4-13-14(12(2)3)8-7-9-15(13)16-10-5-6-11-16/h5-11H,2,4H2,1,3H3. The summed E-state index contributed by atoms with van der Waals surface area (Å²) in [5, 5.41) is 0. The molecule has 0 aliphatic heterocycles. The molecular formula is C15H17N. The molecule has 2 rings (SSSR count). The van der Waals surface area contributed by atoms with Gasteiger partial charge in [-0.15, -0.1) is 0 Å². The Morgan fingerprint density at radius 1 is 1.19 bits per heavy atom. The lowest BCUT2D eigenvalue weighted by atomic mass is 9.98. The molecule has 1 heterocycles. The van der Waals surface area contributed by atoms with Crippen LogP contribution in [0.4, 0.5) is 0 Å². The van der Waals surface area contributed by atoms with Crippen molar-refractivity contribution in [1.29, 1.82) is 0 Å². The van der Waals surface area contributed by atoms with Crippen molar-refractivity contribution in [3.63, 3.8) is 0 Å². The van der Waals surface area contributed by atoms with Crippen molar-refractivity contribution in [3.05, 3.63) is 60.4 Å². The molecule has 0 aliphatic carbocycles. The van der Waals surface area contributed by atoms with Crippen molar-refractivity contribution in [2.45, 2.75) is 20.3 Å². The molecule has 1 nitrogen and oxygen atoms in total. The Morgan fingerprint density at radius 2 is 1.88 bits per heavy atom. The van der Waals surface area contributed by atoms with E-state index in [2.05, 4.69) is 55.6 Å². The molecule has 0 fully saturated rings. The Balaban J connectivity index is 2.62. The molecule has 0 saturated carbocycles. The Bertz CT molecular complexity index is 492. The Morgan fingerprint density at radius 3 is 2.44 bits per heavy atom. The summed E-state index contributed by atoms with van der Waals surface area (Å²) < 4.78 is 2.16. The second-order valence-electron chi connectivity index (χ2n) is 4.03. The Kier molecular flexibility index (Phi) is 2.95. The van der Waals surface area contributed by atoms with Gasteiger partial charge in [0, 0.05) is 18.1 Å². The predicted molar refractivity (Wildman–Crippen MR) is 69.9 cm³/mol. The van der Waals surface area contributed by atoms with E-state index in [1.807, 2.05) is 12.1 Å². The summed E-state index contributed by atoms with van der Waals surface area (Å²) in [5.41, 5.74) is 5.03. The van der Waals surface area contributed by atoms with Crippen molar-refractivity contribution < 1.29 is 0 Å². The van der Waals surface area contributed by atoms with Crippen molar-refractivity contribution in [1.82, 2.24) is 4.57 Å². The van der Waals surface area contributed by atoms with Crippen LogP contribution in [0.25, 0.3) is 11.3 Å². The number of hydrogen-bond acceptors (Lipinski definition) is 0. The van der Waals surface area contributed by atoms with Gasteiger partial charge in [-0.2, -0.15) is 0 Å². The highest BCUT2D eigenvalue weighted by Gasteiger charge is 2.07. The van der Waals surface area contributed by atoms with Crippen LogP contribution in [0.3, 0.4) is 0 Å².